The third-order valence-corrected chi connectivity index (χ3v) is 5.30. The van der Waals surface area contributed by atoms with E-state index in [1.165, 1.54) is 12.5 Å². The Labute approximate surface area is 165 Å². The van der Waals surface area contributed by atoms with E-state index in [2.05, 4.69) is 22.1 Å². The number of amides is 1. The van der Waals surface area contributed by atoms with Crippen LogP contribution in [-0.2, 0) is 0 Å². The number of rotatable bonds is 5. The molecule has 2 N–H and O–H groups in total. The van der Waals surface area contributed by atoms with Crippen molar-refractivity contribution in [3.63, 3.8) is 0 Å². The number of carbonyl (C=O) groups excluding carboxylic acids is 1. The van der Waals surface area contributed by atoms with Crippen molar-refractivity contribution in [3.05, 3.63) is 52.7 Å². The molecule has 6 heteroatoms. The van der Waals surface area contributed by atoms with Crippen LogP contribution in [0.1, 0.15) is 64.6 Å². The summed E-state index contributed by atoms with van der Waals surface area (Å²) in [6.45, 7) is 6.84. The van der Waals surface area contributed by atoms with Crippen LogP contribution >= 0.6 is 0 Å². The van der Waals surface area contributed by atoms with Crippen LogP contribution in [0, 0.1) is 13.8 Å². The molecule has 0 bridgehead atoms. The average Bonchev–Trinajstić information content (AvgIpc) is 2.67. The molecule has 0 radical (unpaired) electrons. The van der Waals surface area contributed by atoms with Crippen LogP contribution in [0.4, 0.5) is 11.5 Å². The lowest BCUT2D eigenvalue weighted by Gasteiger charge is -2.36. The van der Waals surface area contributed by atoms with Crippen molar-refractivity contribution in [3.8, 4) is 0 Å². The van der Waals surface area contributed by atoms with Gasteiger partial charge in [0.25, 0.3) is 5.91 Å². The Morgan fingerprint density at radius 1 is 1.21 bits per heavy atom. The van der Waals surface area contributed by atoms with E-state index in [9.17, 15) is 9.59 Å². The van der Waals surface area contributed by atoms with Crippen LogP contribution < -0.4 is 10.2 Å². The zero-order valence-electron chi connectivity index (χ0n) is 16.7. The molecule has 1 aliphatic rings. The highest BCUT2D eigenvalue weighted by Crippen LogP contribution is 2.26. The number of carboxylic acid groups (broad SMARTS) is 1. The van der Waals surface area contributed by atoms with Gasteiger partial charge in [-0.2, -0.15) is 0 Å². The summed E-state index contributed by atoms with van der Waals surface area (Å²) < 4.78 is 0. The van der Waals surface area contributed by atoms with Crippen molar-refractivity contribution >= 4 is 23.4 Å². The lowest BCUT2D eigenvalue weighted by molar-refractivity contribution is 0.0696. The minimum atomic E-state index is -0.979. The topological polar surface area (TPSA) is 82.5 Å². The molecule has 148 valence electrons. The number of piperidine rings is 1. The minimum absolute atomic E-state index is 0.227. The van der Waals surface area contributed by atoms with Gasteiger partial charge >= 0.3 is 5.97 Å². The molecule has 0 unspecified atom stereocenters. The smallest absolute Gasteiger partial charge is 0.335 e. The highest BCUT2D eigenvalue weighted by molar-refractivity contribution is 6.03. The molecule has 1 amide bonds. The molecule has 1 aromatic carbocycles. The zero-order chi connectivity index (χ0) is 20.3. The molecule has 1 fully saturated rings. The molecular formula is C22H27N3O3. The van der Waals surface area contributed by atoms with Crippen molar-refractivity contribution in [2.45, 2.75) is 52.5 Å². The van der Waals surface area contributed by atoms with Gasteiger partial charge in [-0.05, 0) is 81.0 Å². The molecule has 0 aliphatic carbocycles. The maximum absolute atomic E-state index is 12.8. The molecule has 1 aliphatic heterocycles. The first-order chi connectivity index (χ1) is 13.4. The van der Waals surface area contributed by atoms with E-state index >= 15 is 0 Å². The number of anilines is 2. The number of nitrogens with one attached hydrogen (secondary N) is 1. The van der Waals surface area contributed by atoms with Gasteiger partial charge in [-0.25, -0.2) is 9.78 Å². The highest BCUT2D eigenvalue weighted by atomic mass is 16.4. The van der Waals surface area contributed by atoms with E-state index < -0.39 is 5.97 Å². The Kier molecular flexibility index (Phi) is 5.97. The molecule has 1 aromatic heterocycles. The van der Waals surface area contributed by atoms with Gasteiger partial charge in [-0.15, -0.1) is 0 Å². The Bertz CT molecular complexity index is 895. The number of aromatic carboxylic acids is 1. The Morgan fingerprint density at radius 2 is 2.00 bits per heavy atom. The first-order valence-corrected chi connectivity index (χ1v) is 9.79. The van der Waals surface area contributed by atoms with Crippen molar-refractivity contribution in [1.82, 2.24) is 4.98 Å². The first-order valence-electron chi connectivity index (χ1n) is 9.79. The summed E-state index contributed by atoms with van der Waals surface area (Å²) in [5, 5.41) is 12.0. The second kappa shape index (κ2) is 8.42. The number of aromatic nitrogens is 1. The Morgan fingerprint density at radius 3 is 2.68 bits per heavy atom. The molecule has 28 heavy (non-hydrogen) atoms. The molecule has 1 saturated heterocycles. The summed E-state index contributed by atoms with van der Waals surface area (Å²) in [5.41, 5.74) is 2.75. The van der Waals surface area contributed by atoms with E-state index in [-0.39, 0.29) is 11.5 Å². The van der Waals surface area contributed by atoms with Crippen molar-refractivity contribution in [1.29, 1.82) is 0 Å². The summed E-state index contributed by atoms with van der Waals surface area (Å²) in [5.74, 6) is -0.418. The number of nitrogens with zero attached hydrogens (tertiary/aromatic N) is 2. The van der Waals surface area contributed by atoms with Crippen LogP contribution in [0.3, 0.4) is 0 Å². The van der Waals surface area contributed by atoms with E-state index in [1.807, 2.05) is 13.0 Å². The number of carbonyl (C=O) groups is 2. The van der Waals surface area contributed by atoms with Gasteiger partial charge in [0.05, 0.1) is 5.56 Å². The summed E-state index contributed by atoms with van der Waals surface area (Å²) >= 11 is 0. The summed E-state index contributed by atoms with van der Waals surface area (Å²) in [4.78, 5) is 30.9. The van der Waals surface area contributed by atoms with Crippen LogP contribution in [-0.4, -0.2) is 34.6 Å². The SMILES string of the molecule is CC[C@H]1CCCCN1c1cc(C)cc(C(=O)Nc2ccc(C(=O)O)c(C)c2)n1. The summed E-state index contributed by atoms with van der Waals surface area (Å²) in [7, 11) is 0. The first kappa shape index (κ1) is 19.9. The molecule has 2 aromatic rings. The van der Waals surface area contributed by atoms with Gasteiger partial charge in [0, 0.05) is 18.3 Å². The van der Waals surface area contributed by atoms with E-state index in [0.717, 1.165) is 37.2 Å². The van der Waals surface area contributed by atoms with Gasteiger partial charge in [0.2, 0.25) is 0 Å². The van der Waals surface area contributed by atoms with Crippen LogP contribution in [0.2, 0.25) is 0 Å². The van der Waals surface area contributed by atoms with E-state index in [0.29, 0.717) is 23.0 Å². The highest BCUT2D eigenvalue weighted by Gasteiger charge is 2.23. The minimum Gasteiger partial charge on any atom is -0.478 e. The second-order valence-corrected chi connectivity index (χ2v) is 7.43. The molecule has 1 atom stereocenters. The number of hydrogen-bond donors (Lipinski definition) is 2. The fourth-order valence-electron chi connectivity index (χ4n) is 3.82. The predicted molar refractivity (Wildman–Crippen MR) is 110 cm³/mol. The van der Waals surface area contributed by atoms with E-state index in [1.54, 1.807) is 25.1 Å². The number of carboxylic acids is 1. The third-order valence-electron chi connectivity index (χ3n) is 5.30. The molecule has 6 nitrogen and oxygen atoms in total. The number of benzene rings is 1. The molecule has 2 heterocycles. The normalized spacial score (nSPS) is 16.7. The lowest BCUT2D eigenvalue weighted by Crippen LogP contribution is -2.40. The van der Waals surface area contributed by atoms with E-state index in [4.69, 9.17) is 5.11 Å². The second-order valence-electron chi connectivity index (χ2n) is 7.43. The van der Waals surface area contributed by atoms with Crippen molar-refractivity contribution < 1.29 is 14.7 Å². The van der Waals surface area contributed by atoms with Crippen molar-refractivity contribution in [2.24, 2.45) is 0 Å². The number of pyridine rings is 1. The van der Waals surface area contributed by atoms with Gasteiger partial charge in [-0.1, -0.05) is 6.92 Å². The Balaban J connectivity index is 1.83. The van der Waals surface area contributed by atoms with Gasteiger partial charge in [-0.3, -0.25) is 4.79 Å². The summed E-state index contributed by atoms with van der Waals surface area (Å²) in [6.07, 6.45) is 4.60. The lowest BCUT2D eigenvalue weighted by atomic mass is 10.00. The van der Waals surface area contributed by atoms with Gasteiger partial charge in [0.15, 0.2) is 0 Å². The molecule has 0 spiro atoms. The predicted octanol–water partition coefficient (Wildman–Crippen LogP) is 4.42. The fraction of sp³-hybridized carbons (Fsp3) is 0.409. The number of hydrogen-bond acceptors (Lipinski definition) is 4. The average molecular weight is 381 g/mol. The van der Waals surface area contributed by atoms with Crippen LogP contribution in [0.5, 0.6) is 0 Å². The quantitative estimate of drug-likeness (QED) is 0.801. The maximum atomic E-state index is 12.8. The van der Waals surface area contributed by atoms with Crippen LogP contribution in [0.15, 0.2) is 30.3 Å². The standard InChI is InChI=1S/C22H27N3O3/c1-4-17-7-5-6-10-25(17)20-12-14(2)11-19(24-20)21(26)23-16-8-9-18(22(27)28)15(3)13-16/h8-9,11-13,17H,4-7,10H2,1-3H3,(H,23,26)(H,27,28)/t17-/m0/s1. The fourth-order valence-corrected chi connectivity index (χ4v) is 3.82. The molecule has 3 rings (SSSR count). The molecular weight excluding hydrogens is 354 g/mol. The molecule has 0 saturated carbocycles. The van der Waals surface area contributed by atoms with Gasteiger partial charge in [0.1, 0.15) is 11.5 Å². The third kappa shape index (κ3) is 4.32. The summed E-state index contributed by atoms with van der Waals surface area (Å²) in [6, 6.07) is 9.05. The van der Waals surface area contributed by atoms with Crippen LogP contribution in [0.25, 0.3) is 0 Å². The number of aryl methyl sites for hydroxylation is 2. The monoisotopic (exact) mass is 381 g/mol. The Hall–Kier alpha value is -2.89. The van der Waals surface area contributed by atoms with Gasteiger partial charge < -0.3 is 15.3 Å². The van der Waals surface area contributed by atoms with Crippen molar-refractivity contribution in [2.75, 3.05) is 16.8 Å². The zero-order valence-corrected chi connectivity index (χ0v) is 16.7. The largest absolute Gasteiger partial charge is 0.478 e. The maximum Gasteiger partial charge on any atom is 0.335 e.